The summed E-state index contributed by atoms with van der Waals surface area (Å²) in [4.78, 5) is 16.9. The number of thiophene rings is 1. The number of aryl methyl sites for hydroxylation is 1. The van der Waals surface area contributed by atoms with E-state index in [0.717, 1.165) is 43.6 Å². The molecule has 0 saturated carbocycles. The van der Waals surface area contributed by atoms with Gasteiger partial charge in [0.25, 0.3) is 5.91 Å². The van der Waals surface area contributed by atoms with Crippen LogP contribution in [0.4, 0.5) is 0 Å². The maximum Gasteiger partial charge on any atom is 0.264 e. The quantitative estimate of drug-likeness (QED) is 0.899. The molecule has 19 heavy (non-hydrogen) atoms. The first-order chi connectivity index (χ1) is 9.26. The van der Waals surface area contributed by atoms with Crippen LogP contribution in [0, 0.1) is 0 Å². The summed E-state index contributed by atoms with van der Waals surface area (Å²) in [5.41, 5.74) is 0. The number of carbonyl (C=O) groups excluding carboxylic acids is 1. The van der Waals surface area contributed by atoms with Crippen LogP contribution >= 0.6 is 11.3 Å². The zero-order valence-electron chi connectivity index (χ0n) is 11.9. The van der Waals surface area contributed by atoms with E-state index in [9.17, 15) is 4.79 Å². The van der Waals surface area contributed by atoms with Gasteiger partial charge in [-0.1, -0.05) is 6.92 Å². The molecule has 1 aliphatic rings. The summed E-state index contributed by atoms with van der Waals surface area (Å²) < 4.78 is 0. The number of hydrogen-bond acceptors (Lipinski definition) is 3. The second kappa shape index (κ2) is 7.06. The molecule has 2 rings (SSSR count). The Kier molecular flexibility index (Phi) is 5.40. The third-order valence-corrected chi connectivity index (χ3v) is 5.05. The van der Waals surface area contributed by atoms with E-state index in [1.807, 2.05) is 13.1 Å². The Balaban J connectivity index is 2.06. The van der Waals surface area contributed by atoms with Crippen molar-refractivity contribution in [1.82, 2.24) is 10.2 Å². The second-order valence-electron chi connectivity index (χ2n) is 5.16. The number of piperidine rings is 1. The highest BCUT2D eigenvalue weighted by atomic mass is 32.1. The molecule has 1 aromatic rings. The van der Waals surface area contributed by atoms with Crippen LogP contribution in [0.3, 0.4) is 0 Å². The van der Waals surface area contributed by atoms with Gasteiger partial charge in [-0.05, 0) is 57.8 Å². The van der Waals surface area contributed by atoms with E-state index in [0.29, 0.717) is 6.04 Å². The van der Waals surface area contributed by atoms with Crippen molar-refractivity contribution in [2.24, 2.45) is 0 Å². The monoisotopic (exact) mass is 280 g/mol. The molecular weight excluding hydrogens is 256 g/mol. The van der Waals surface area contributed by atoms with Crippen molar-refractivity contribution >= 4 is 17.2 Å². The number of carbonyl (C=O) groups is 1. The minimum Gasteiger partial charge on any atom is -0.335 e. The van der Waals surface area contributed by atoms with Crippen molar-refractivity contribution in [3.8, 4) is 0 Å². The minimum absolute atomic E-state index is 0.241. The van der Waals surface area contributed by atoms with Gasteiger partial charge < -0.3 is 10.2 Å². The van der Waals surface area contributed by atoms with E-state index in [1.54, 1.807) is 11.3 Å². The lowest BCUT2D eigenvalue weighted by atomic mass is 9.99. The van der Waals surface area contributed by atoms with E-state index in [4.69, 9.17) is 0 Å². The fourth-order valence-corrected chi connectivity index (χ4v) is 3.61. The summed E-state index contributed by atoms with van der Waals surface area (Å²) in [6.45, 7) is 4.04. The molecule has 1 unspecified atom stereocenters. The fourth-order valence-electron chi connectivity index (χ4n) is 2.70. The van der Waals surface area contributed by atoms with Gasteiger partial charge in [0.1, 0.15) is 0 Å². The van der Waals surface area contributed by atoms with Crippen LogP contribution in [0.5, 0.6) is 0 Å². The lowest BCUT2D eigenvalue weighted by Crippen LogP contribution is -2.44. The Hall–Kier alpha value is -0.870. The van der Waals surface area contributed by atoms with E-state index in [-0.39, 0.29) is 5.91 Å². The Morgan fingerprint density at radius 2 is 2.32 bits per heavy atom. The minimum atomic E-state index is 0.241. The highest BCUT2D eigenvalue weighted by Gasteiger charge is 2.27. The SMILES string of the molecule is CCc1ccc(C(=O)N2CCCCC2CCNC)s1. The Morgan fingerprint density at radius 1 is 1.47 bits per heavy atom. The van der Waals surface area contributed by atoms with E-state index in [1.165, 1.54) is 11.3 Å². The van der Waals surface area contributed by atoms with Crippen LogP contribution in [0.25, 0.3) is 0 Å². The molecule has 4 heteroatoms. The summed E-state index contributed by atoms with van der Waals surface area (Å²) in [5, 5.41) is 3.19. The third-order valence-electron chi connectivity index (χ3n) is 3.84. The molecule has 0 radical (unpaired) electrons. The number of likely N-dealkylation sites (tertiary alicyclic amines) is 1. The largest absolute Gasteiger partial charge is 0.335 e. The fraction of sp³-hybridized carbons (Fsp3) is 0.667. The second-order valence-corrected chi connectivity index (χ2v) is 6.33. The Morgan fingerprint density at radius 3 is 3.00 bits per heavy atom. The normalized spacial score (nSPS) is 19.7. The van der Waals surface area contributed by atoms with Gasteiger partial charge in [-0.2, -0.15) is 0 Å². The lowest BCUT2D eigenvalue weighted by molar-refractivity contribution is 0.0607. The molecule has 1 aliphatic heterocycles. The topological polar surface area (TPSA) is 32.3 Å². The van der Waals surface area contributed by atoms with Gasteiger partial charge in [-0.15, -0.1) is 11.3 Å². The van der Waals surface area contributed by atoms with Crippen LogP contribution in [0.1, 0.15) is 47.2 Å². The Labute approximate surface area is 120 Å². The summed E-state index contributed by atoms with van der Waals surface area (Å²) >= 11 is 1.65. The summed E-state index contributed by atoms with van der Waals surface area (Å²) in [7, 11) is 1.97. The van der Waals surface area contributed by atoms with Gasteiger partial charge in [-0.3, -0.25) is 4.79 Å². The van der Waals surface area contributed by atoms with Crippen molar-refractivity contribution in [3.05, 3.63) is 21.9 Å². The lowest BCUT2D eigenvalue weighted by Gasteiger charge is -2.35. The molecule has 3 nitrogen and oxygen atoms in total. The molecule has 1 aromatic heterocycles. The first-order valence-corrected chi connectivity index (χ1v) is 8.12. The van der Waals surface area contributed by atoms with Gasteiger partial charge in [0, 0.05) is 17.5 Å². The zero-order valence-corrected chi connectivity index (χ0v) is 12.8. The number of amides is 1. The maximum atomic E-state index is 12.6. The molecule has 1 saturated heterocycles. The molecular formula is C15H24N2OS. The van der Waals surface area contributed by atoms with Crippen LogP contribution in [-0.4, -0.2) is 37.0 Å². The highest BCUT2D eigenvalue weighted by molar-refractivity contribution is 7.14. The first-order valence-electron chi connectivity index (χ1n) is 7.30. The number of hydrogen-bond donors (Lipinski definition) is 1. The van der Waals surface area contributed by atoms with Gasteiger partial charge in [-0.25, -0.2) is 0 Å². The molecule has 1 N–H and O–H groups in total. The molecule has 1 fully saturated rings. The first kappa shape index (κ1) is 14.5. The highest BCUT2D eigenvalue weighted by Crippen LogP contribution is 2.25. The maximum absolute atomic E-state index is 12.6. The van der Waals surface area contributed by atoms with Crippen LogP contribution in [0.15, 0.2) is 12.1 Å². The molecule has 0 spiro atoms. The number of nitrogens with zero attached hydrogens (tertiary/aromatic N) is 1. The molecule has 0 aromatic carbocycles. The van der Waals surface area contributed by atoms with Crippen molar-refractivity contribution in [2.45, 2.75) is 45.1 Å². The van der Waals surface area contributed by atoms with Crippen molar-refractivity contribution < 1.29 is 4.79 Å². The van der Waals surface area contributed by atoms with Crippen LogP contribution in [-0.2, 0) is 6.42 Å². The zero-order chi connectivity index (χ0) is 13.7. The van der Waals surface area contributed by atoms with Crippen molar-refractivity contribution in [1.29, 1.82) is 0 Å². The molecule has 0 bridgehead atoms. The van der Waals surface area contributed by atoms with E-state index >= 15 is 0 Å². The molecule has 1 atom stereocenters. The Bertz CT molecular complexity index is 416. The third kappa shape index (κ3) is 3.57. The standard InChI is InChI=1S/C15H24N2OS/c1-3-13-7-8-14(19-13)15(18)17-11-5-4-6-12(17)9-10-16-2/h7-8,12,16H,3-6,9-11H2,1-2H3. The average Bonchev–Trinajstić information content (AvgIpc) is 2.93. The summed E-state index contributed by atoms with van der Waals surface area (Å²) in [6.07, 6.45) is 5.63. The number of nitrogens with one attached hydrogen (secondary N) is 1. The van der Waals surface area contributed by atoms with Gasteiger partial charge in [0.05, 0.1) is 4.88 Å². The predicted octanol–water partition coefficient (Wildman–Crippen LogP) is 2.91. The molecule has 0 aliphatic carbocycles. The molecule has 106 valence electrons. The van der Waals surface area contributed by atoms with E-state index < -0.39 is 0 Å². The van der Waals surface area contributed by atoms with Gasteiger partial charge >= 0.3 is 0 Å². The van der Waals surface area contributed by atoms with Crippen LogP contribution < -0.4 is 5.32 Å². The van der Waals surface area contributed by atoms with Crippen molar-refractivity contribution in [3.63, 3.8) is 0 Å². The predicted molar refractivity (Wildman–Crippen MR) is 80.9 cm³/mol. The number of rotatable bonds is 5. The van der Waals surface area contributed by atoms with Crippen molar-refractivity contribution in [2.75, 3.05) is 20.1 Å². The summed E-state index contributed by atoms with van der Waals surface area (Å²) in [5.74, 6) is 0.241. The van der Waals surface area contributed by atoms with Gasteiger partial charge in [0.2, 0.25) is 0 Å². The molecule has 2 heterocycles. The smallest absolute Gasteiger partial charge is 0.264 e. The van der Waals surface area contributed by atoms with E-state index in [2.05, 4.69) is 23.2 Å². The average molecular weight is 280 g/mol. The van der Waals surface area contributed by atoms with Crippen LogP contribution in [0.2, 0.25) is 0 Å². The molecule has 1 amide bonds. The summed E-state index contributed by atoms with van der Waals surface area (Å²) in [6, 6.07) is 4.50. The van der Waals surface area contributed by atoms with Gasteiger partial charge in [0.15, 0.2) is 0 Å².